The van der Waals surface area contributed by atoms with Crippen LogP contribution in [0.2, 0.25) is 0 Å². The normalized spacial score (nSPS) is 27.6. The number of hydrogen-bond acceptors (Lipinski definition) is 13. The quantitative estimate of drug-likeness (QED) is 0.122. The van der Waals surface area contributed by atoms with Crippen LogP contribution in [0, 0.1) is 25.2 Å². The van der Waals surface area contributed by atoms with Gasteiger partial charge in [0.1, 0.15) is 30.5 Å². The molecule has 4 aromatic rings. The van der Waals surface area contributed by atoms with Crippen molar-refractivity contribution >= 4 is 34.4 Å². The number of para-hydroxylation sites is 1. The minimum Gasteiger partial charge on any atom is -0.493 e. The fourth-order valence-electron chi connectivity index (χ4n) is 11.7. The van der Waals surface area contributed by atoms with Crippen LogP contribution in [0.3, 0.4) is 0 Å². The SMILES string of the molecule is C=CCOc1c(OC)c(C)cc2c1[C@@H]1C3[C@@H]4SC[C@]5(C(=O)COC[C@H](c6c7c(c(C)c(OC(C)=O)c64)OCO7)N3[C@@H](C#N)[C@H](C2)N1C)c1[nH]c2ccccc2c1CCN5CC=C. The molecule has 8 heterocycles. The first-order valence-corrected chi connectivity index (χ1v) is 22.3. The van der Waals surface area contributed by atoms with Crippen LogP contribution in [0.15, 0.2) is 55.6 Å². The Bertz CT molecular complexity index is 2600. The lowest BCUT2D eigenvalue weighted by Crippen LogP contribution is -2.69. The van der Waals surface area contributed by atoms with Gasteiger partial charge in [-0.1, -0.05) is 43.0 Å². The molecule has 0 radical (unpaired) electrons. The number of ketones is 1. The predicted octanol–water partition coefficient (Wildman–Crippen LogP) is 6.55. The number of hydrogen-bond donors (Lipinski definition) is 1. The Labute approximate surface area is 365 Å². The van der Waals surface area contributed by atoms with Crippen molar-refractivity contribution in [2.24, 2.45) is 0 Å². The van der Waals surface area contributed by atoms with E-state index in [-0.39, 0.29) is 44.5 Å². The number of benzene rings is 3. The van der Waals surface area contributed by atoms with Crippen LogP contribution in [0.1, 0.15) is 68.9 Å². The zero-order valence-electron chi connectivity index (χ0n) is 35.7. The third-order valence-electron chi connectivity index (χ3n) is 14.1. The maximum absolute atomic E-state index is 15.4. The molecule has 7 atom stereocenters. The van der Waals surface area contributed by atoms with E-state index in [1.54, 1.807) is 24.9 Å². The standard InChI is InChI=1S/C48H51N5O8S/c1-8-15-52-16-14-30-29-12-10-11-13-31(29)50-47(30)48(52)23-62-46-38-37(45-43(59-24-60-45)26(4)42(38)61-27(5)54)34(21-57-22-35(48)55)53-33(20-49)32-19-28-18-25(3)41(56-7)44(58-17-9-2)36(28)39(40(46)53)51(32)6/h8-13,18,32-34,39-40,46,50H,1-2,14-17,19,21-24H2,3-7H3/t32-,33-,34+,39+,40?,46+,48-/m0/s1. The maximum Gasteiger partial charge on any atom is 0.308 e. The van der Waals surface area contributed by atoms with Gasteiger partial charge in [0.2, 0.25) is 6.79 Å². The summed E-state index contributed by atoms with van der Waals surface area (Å²) >= 11 is 1.65. The molecule has 1 N–H and O–H groups in total. The van der Waals surface area contributed by atoms with Gasteiger partial charge in [-0.2, -0.15) is 5.26 Å². The molecular weight excluding hydrogens is 807 g/mol. The molecule has 2 saturated heterocycles. The molecule has 1 spiro atoms. The number of aromatic amines is 1. The number of methoxy groups -OCH3 is 1. The van der Waals surface area contributed by atoms with E-state index in [4.69, 9.17) is 28.4 Å². The number of nitriles is 1. The van der Waals surface area contributed by atoms with E-state index in [1.165, 1.54) is 6.92 Å². The average molecular weight is 858 g/mol. The van der Waals surface area contributed by atoms with E-state index >= 15 is 4.79 Å². The molecule has 62 heavy (non-hydrogen) atoms. The van der Waals surface area contributed by atoms with Gasteiger partial charge in [-0.15, -0.1) is 18.3 Å². The second-order valence-electron chi connectivity index (χ2n) is 17.1. The van der Waals surface area contributed by atoms with Crippen LogP contribution in [-0.4, -0.2) is 109 Å². The Balaban J connectivity index is 1.28. The van der Waals surface area contributed by atoms with Crippen molar-refractivity contribution in [2.45, 2.75) is 74.6 Å². The van der Waals surface area contributed by atoms with Gasteiger partial charge in [0, 0.05) is 76.7 Å². The number of Topliss-reactive ketones (excluding diaryl/α,β-unsaturated/α-hetero) is 1. The zero-order chi connectivity index (χ0) is 43.2. The van der Waals surface area contributed by atoms with Crippen LogP contribution in [-0.2, 0) is 32.7 Å². The largest absolute Gasteiger partial charge is 0.493 e. The summed E-state index contributed by atoms with van der Waals surface area (Å²) in [5.41, 5.74) is 6.96. The number of likely N-dealkylation sites (N-methyl/N-ethyl adjacent to an activating group) is 1. The third kappa shape index (κ3) is 5.75. The Morgan fingerprint density at radius 1 is 1.11 bits per heavy atom. The van der Waals surface area contributed by atoms with E-state index in [0.29, 0.717) is 59.6 Å². The molecule has 0 saturated carbocycles. The van der Waals surface area contributed by atoms with Crippen molar-refractivity contribution in [3.8, 4) is 34.8 Å². The molecule has 3 aromatic carbocycles. The molecule has 13 nitrogen and oxygen atoms in total. The molecule has 1 unspecified atom stereocenters. The number of esters is 1. The highest BCUT2D eigenvalue weighted by Gasteiger charge is 2.62. The highest BCUT2D eigenvalue weighted by atomic mass is 32.2. The van der Waals surface area contributed by atoms with Gasteiger partial charge in [0.05, 0.1) is 37.1 Å². The van der Waals surface area contributed by atoms with Crippen LogP contribution in [0.25, 0.3) is 10.9 Å². The first-order valence-electron chi connectivity index (χ1n) is 21.2. The molecule has 4 bridgehead atoms. The molecule has 1 aromatic heterocycles. The third-order valence-corrected chi connectivity index (χ3v) is 15.5. The summed E-state index contributed by atoms with van der Waals surface area (Å²) in [4.78, 5) is 39.3. The summed E-state index contributed by atoms with van der Waals surface area (Å²) in [6.07, 6.45) is 4.92. The van der Waals surface area contributed by atoms with Crippen LogP contribution < -0.4 is 23.7 Å². The van der Waals surface area contributed by atoms with Gasteiger partial charge < -0.3 is 33.4 Å². The van der Waals surface area contributed by atoms with Crippen molar-refractivity contribution in [3.05, 3.63) is 100 Å². The average Bonchev–Trinajstić information content (AvgIpc) is 3.90. The van der Waals surface area contributed by atoms with Gasteiger partial charge in [0.25, 0.3) is 0 Å². The van der Waals surface area contributed by atoms with Crippen LogP contribution >= 0.6 is 11.8 Å². The Morgan fingerprint density at radius 3 is 2.68 bits per heavy atom. The summed E-state index contributed by atoms with van der Waals surface area (Å²) in [5.74, 6) is 2.48. The van der Waals surface area contributed by atoms with Gasteiger partial charge in [-0.25, -0.2) is 0 Å². The van der Waals surface area contributed by atoms with Crippen molar-refractivity contribution in [1.82, 2.24) is 19.7 Å². The maximum atomic E-state index is 15.4. The second-order valence-corrected chi connectivity index (χ2v) is 18.2. The fraction of sp³-hybridized carbons (Fsp3) is 0.438. The number of piperazine rings is 1. The lowest BCUT2D eigenvalue weighted by Gasteiger charge is -2.61. The number of fused-ring (bicyclic) bond motifs is 12. The number of rotatable bonds is 7. The molecule has 2 fully saturated rings. The summed E-state index contributed by atoms with van der Waals surface area (Å²) in [6, 6.07) is 10.9. The zero-order valence-corrected chi connectivity index (χ0v) is 36.6. The first kappa shape index (κ1) is 40.8. The number of H-pyrrole nitrogens is 1. The van der Waals surface area contributed by atoms with Crippen LogP contribution in [0.5, 0.6) is 28.7 Å². The molecule has 14 heteroatoms. The predicted molar refractivity (Wildman–Crippen MR) is 234 cm³/mol. The number of thioether (sulfide) groups is 1. The Kier molecular flexibility index (Phi) is 10.2. The van der Waals surface area contributed by atoms with Gasteiger partial charge >= 0.3 is 5.97 Å². The smallest absolute Gasteiger partial charge is 0.308 e. The van der Waals surface area contributed by atoms with Crippen molar-refractivity contribution < 1.29 is 38.0 Å². The van der Waals surface area contributed by atoms with Gasteiger partial charge in [0.15, 0.2) is 28.8 Å². The van der Waals surface area contributed by atoms with E-state index in [9.17, 15) is 10.1 Å². The second kappa shape index (κ2) is 15.5. The Hall–Kier alpha value is -5.30. The van der Waals surface area contributed by atoms with Crippen LogP contribution in [0.4, 0.5) is 0 Å². The van der Waals surface area contributed by atoms with Gasteiger partial charge in [-0.3, -0.25) is 24.3 Å². The monoisotopic (exact) mass is 857 g/mol. The minimum absolute atomic E-state index is 0.0194. The van der Waals surface area contributed by atoms with Crippen molar-refractivity contribution in [3.63, 3.8) is 0 Å². The lowest BCUT2D eigenvalue weighted by molar-refractivity contribution is -0.138. The highest BCUT2D eigenvalue weighted by Crippen LogP contribution is 2.65. The summed E-state index contributed by atoms with van der Waals surface area (Å²) in [6.45, 7) is 14.6. The molecular formula is C48H51N5O8S. The number of carbonyl (C=O) groups excluding carboxylic acids is 2. The lowest BCUT2D eigenvalue weighted by atomic mass is 9.71. The number of nitrogens with zero attached hydrogens (tertiary/aromatic N) is 4. The van der Waals surface area contributed by atoms with E-state index in [0.717, 1.165) is 56.4 Å². The van der Waals surface area contributed by atoms with E-state index in [2.05, 4.69) is 64.2 Å². The topological polar surface area (TPSA) is 139 Å². The van der Waals surface area contributed by atoms with Crippen molar-refractivity contribution in [2.75, 3.05) is 59.6 Å². The summed E-state index contributed by atoms with van der Waals surface area (Å²) in [5, 5.41) is 12.0. The Morgan fingerprint density at radius 2 is 1.92 bits per heavy atom. The number of aryl methyl sites for hydroxylation is 1. The van der Waals surface area contributed by atoms with Crippen molar-refractivity contribution in [1.29, 1.82) is 5.26 Å². The number of nitrogens with one attached hydrogen (secondary N) is 1. The minimum atomic E-state index is -1.16. The fourth-order valence-corrected chi connectivity index (χ4v) is 13.5. The highest BCUT2D eigenvalue weighted by molar-refractivity contribution is 7.99. The number of aromatic nitrogens is 1. The molecule has 7 aliphatic rings. The van der Waals surface area contributed by atoms with E-state index in [1.807, 2.05) is 32.1 Å². The molecule has 7 aliphatic heterocycles. The molecule has 0 aliphatic carbocycles. The molecule has 11 rings (SSSR count). The molecule has 0 amide bonds. The summed E-state index contributed by atoms with van der Waals surface area (Å²) < 4.78 is 38.3. The number of carbonyl (C=O) groups is 2. The van der Waals surface area contributed by atoms with Gasteiger partial charge in [-0.05, 0) is 56.5 Å². The first-order chi connectivity index (χ1) is 30.1. The summed E-state index contributed by atoms with van der Waals surface area (Å²) in [7, 11) is 3.75. The van der Waals surface area contributed by atoms with E-state index < -0.39 is 34.9 Å². The molecule has 322 valence electrons. The number of ether oxygens (including phenoxy) is 6.